The van der Waals surface area contributed by atoms with Crippen molar-refractivity contribution in [3.8, 4) is 0 Å². The minimum Gasteiger partial charge on any atom is -0.392 e. The Labute approximate surface area is 139 Å². The Kier molecular flexibility index (Phi) is 9.35. The molecule has 0 aliphatic carbocycles. The van der Waals surface area contributed by atoms with E-state index >= 15 is 0 Å². The van der Waals surface area contributed by atoms with Gasteiger partial charge in [0.25, 0.3) is 0 Å². The molecule has 0 radical (unpaired) electrons. The van der Waals surface area contributed by atoms with Gasteiger partial charge < -0.3 is 17.7 Å². The van der Waals surface area contributed by atoms with Crippen molar-refractivity contribution in [2.75, 3.05) is 0 Å². The van der Waals surface area contributed by atoms with Gasteiger partial charge in [-0.1, -0.05) is 0 Å². The molecule has 0 rings (SSSR count). The summed E-state index contributed by atoms with van der Waals surface area (Å²) in [5.41, 5.74) is 2.57. The zero-order valence-electron chi connectivity index (χ0n) is 15.9. The van der Waals surface area contributed by atoms with Gasteiger partial charge in [0.2, 0.25) is 0 Å². The van der Waals surface area contributed by atoms with Crippen LogP contribution in [0.2, 0.25) is 12.2 Å². The molecular weight excluding hydrogens is 312 g/mol. The lowest BCUT2D eigenvalue weighted by molar-refractivity contribution is 0.0948. The highest BCUT2D eigenvalue weighted by molar-refractivity contribution is 6.88. The first-order valence-corrected chi connectivity index (χ1v) is 12.9. The molecule has 0 aromatic heterocycles. The molecule has 4 nitrogen and oxygen atoms in total. The number of hydrogen-bond donors (Lipinski definition) is 0. The maximum atomic E-state index is 6.23. The van der Waals surface area contributed by atoms with E-state index in [1.54, 1.807) is 0 Å². The highest BCUT2D eigenvalue weighted by atomic mass is 28.4. The number of hydrogen-bond acceptors (Lipinski definition) is 4. The summed E-state index contributed by atoms with van der Waals surface area (Å²) in [6, 6.07) is 0. The third-order valence-electron chi connectivity index (χ3n) is 2.72. The largest absolute Gasteiger partial charge is 0.392 e. The number of rotatable bonds is 11. The normalized spacial score (nSPS) is 13.7. The summed E-state index contributed by atoms with van der Waals surface area (Å²) < 4.78 is 24.9. The summed E-state index contributed by atoms with van der Waals surface area (Å²) in [5.74, 6) is 0. The third-order valence-corrected chi connectivity index (χ3v) is 11.6. The maximum Gasteiger partial charge on any atom is 0.366 e. The molecule has 0 saturated carbocycles. The van der Waals surface area contributed by atoms with Crippen molar-refractivity contribution in [3.05, 3.63) is 12.3 Å². The second-order valence-electron chi connectivity index (χ2n) is 6.99. The predicted octanol–water partition coefficient (Wildman–Crippen LogP) is 4.47. The summed E-state index contributed by atoms with van der Waals surface area (Å²) >= 11 is 0. The van der Waals surface area contributed by atoms with Crippen LogP contribution in [-0.2, 0) is 17.7 Å². The van der Waals surface area contributed by atoms with Crippen molar-refractivity contribution < 1.29 is 17.7 Å². The Balaban J connectivity index is 5.44. The van der Waals surface area contributed by atoms with Gasteiger partial charge in [-0.2, -0.15) is 0 Å². The van der Waals surface area contributed by atoms with Crippen LogP contribution in [0, 0.1) is 0 Å². The minimum atomic E-state index is -2.59. The van der Waals surface area contributed by atoms with Gasteiger partial charge in [0, 0.05) is 30.1 Å². The Morgan fingerprint density at radius 1 is 0.727 bits per heavy atom. The fraction of sp³-hybridized carbons (Fsp3) is 0.875. The lowest BCUT2D eigenvalue weighted by Gasteiger charge is -2.39. The van der Waals surface area contributed by atoms with Gasteiger partial charge in [-0.05, 0) is 67.6 Å². The van der Waals surface area contributed by atoms with Crippen LogP contribution in [-0.4, -0.2) is 41.5 Å². The molecule has 0 atom stereocenters. The van der Waals surface area contributed by atoms with E-state index in [0.717, 1.165) is 0 Å². The summed E-state index contributed by atoms with van der Waals surface area (Å²) in [5, 5.41) is 0. The average molecular weight is 349 g/mol. The molecule has 0 amide bonds. The molecule has 0 heterocycles. The fourth-order valence-corrected chi connectivity index (χ4v) is 12.0. The topological polar surface area (TPSA) is 36.9 Å². The molecular formula is C16H36O4Si2. The SMILES string of the molecule is C=C[Si](C[Si](C)(OC(C)C)OC(C)C)(OC(C)C)OC(C)C. The zero-order valence-corrected chi connectivity index (χ0v) is 17.9. The van der Waals surface area contributed by atoms with Gasteiger partial charge in [0.05, 0.1) is 0 Å². The van der Waals surface area contributed by atoms with Gasteiger partial charge in [0.15, 0.2) is 0 Å². The third kappa shape index (κ3) is 8.60. The predicted molar refractivity (Wildman–Crippen MR) is 97.3 cm³/mol. The van der Waals surface area contributed by atoms with Gasteiger partial charge in [-0.15, -0.1) is 6.58 Å². The van der Waals surface area contributed by atoms with Crippen LogP contribution in [0.15, 0.2) is 12.3 Å². The van der Waals surface area contributed by atoms with E-state index in [9.17, 15) is 0 Å². The van der Waals surface area contributed by atoms with E-state index in [1.807, 2.05) is 61.1 Å². The van der Waals surface area contributed by atoms with Crippen LogP contribution in [0.3, 0.4) is 0 Å². The van der Waals surface area contributed by atoms with Crippen LogP contribution in [0.4, 0.5) is 0 Å². The second-order valence-corrected chi connectivity index (χ2v) is 13.6. The van der Waals surface area contributed by atoms with E-state index in [1.165, 1.54) is 0 Å². The van der Waals surface area contributed by atoms with Crippen molar-refractivity contribution in [1.29, 1.82) is 0 Å². The molecule has 0 aromatic carbocycles. The van der Waals surface area contributed by atoms with E-state index in [4.69, 9.17) is 17.7 Å². The zero-order chi connectivity index (χ0) is 17.6. The molecule has 0 bridgehead atoms. The standard InChI is InChI=1S/C16H36O4Si2/c1-11-22(19-15(6)7,20-16(8)9)12-21(10,17-13(2)3)18-14(4)5/h11,13-16H,1,12H2,2-10H3. The Bertz CT molecular complexity index is 310. The van der Waals surface area contributed by atoms with Crippen molar-refractivity contribution in [1.82, 2.24) is 0 Å². The molecule has 0 saturated heterocycles. The van der Waals surface area contributed by atoms with Crippen molar-refractivity contribution in [2.45, 2.75) is 92.0 Å². The van der Waals surface area contributed by atoms with E-state index in [0.29, 0.717) is 5.67 Å². The highest BCUT2D eigenvalue weighted by Gasteiger charge is 2.49. The molecule has 132 valence electrons. The summed E-state index contributed by atoms with van der Waals surface area (Å²) in [4.78, 5) is 0. The Hall–Kier alpha value is 0.0138. The monoisotopic (exact) mass is 348 g/mol. The van der Waals surface area contributed by atoms with Crippen molar-refractivity contribution in [2.24, 2.45) is 0 Å². The highest BCUT2D eigenvalue weighted by Crippen LogP contribution is 2.29. The van der Waals surface area contributed by atoms with Crippen LogP contribution < -0.4 is 0 Å². The van der Waals surface area contributed by atoms with Crippen molar-refractivity contribution in [3.63, 3.8) is 0 Å². The Morgan fingerprint density at radius 2 is 1.05 bits per heavy atom. The fourth-order valence-electron chi connectivity index (χ4n) is 2.63. The van der Waals surface area contributed by atoms with Gasteiger partial charge >= 0.3 is 17.1 Å². The first-order valence-electron chi connectivity index (χ1n) is 8.28. The molecule has 0 spiro atoms. The molecule has 22 heavy (non-hydrogen) atoms. The Morgan fingerprint density at radius 3 is 1.27 bits per heavy atom. The molecule has 0 aliphatic rings. The molecule has 0 aliphatic heterocycles. The van der Waals surface area contributed by atoms with Crippen LogP contribution >= 0.6 is 0 Å². The average Bonchev–Trinajstić information content (AvgIpc) is 2.23. The van der Waals surface area contributed by atoms with Crippen LogP contribution in [0.1, 0.15) is 55.4 Å². The lowest BCUT2D eigenvalue weighted by atomic mass is 10.5. The molecule has 0 N–H and O–H groups in total. The summed E-state index contributed by atoms with van der Waals surface area (Å²) in [6.07, 6.45) is 0.398. The molecule has 0 fully saturated rings. The van der Waals surface area contributed by atoms with E-state index in [-0.39, 0.29) is 24.4 Å². The molecule has 0 unspecified atom stereocenters. The van der Waals surface area contributed by atoms with Gasteiger partial charge in [-0.3, -0.25) is 0 Å². The maximum absolute atomic E-state index is 6.23. The minimum absolute atomic E-state index is 0.0831. The molecule has 6 heteroatoms. The first-order chi connectivity index (χ1) is 9.93. The van der Waals surface area contributed by atoms with Gasteiger partial charge in [0.1, 0.15) is 0 Å². The quantitative estimate of drug-likeness (QED) is 0.516. The van der Waals surface area contributed by atoms with Crippen molar-refractivity contribution >= 4 is 17.1 Å². The van der Waals surface area contributed by atoms with Crippen LogP contribution in [0.5, 0.6) is 0 Å². The lowest BCUT2D eigenvalue weighted by Crippen LogP contribution is -2.55. The molecule has 0 aromatic rings. The first kappa shape index (κ1) is 22.0. The smallest absolute Gasteiger partial charge is 0.366 e. The van der Waals surface area contributed by atoms with Crippen LogP contribution in [0.25, 0.3) is 0 Å². The summed E-state index contributed by atoms with van der Waals surface area (Å²) in [6.45, 7) is 22.4. The second kappa shape index (κ2) is 9.34. The van der Waals surface area contributed by atoms with E-state index < -0.39 is 17.1 Å². The van der Waals surface area contributed by atoms with Gasteiger partial charge in [-0.25, -0.2) is 0 Å². The van der Waals surface area contributed by atoms with E-state index in [2.05, 4.69) is 13.1 Å². The summed E-state index contributed by atoms with van der Waals surface area (Å²) in [7, 11) is -5.01.